The lowest BCUT2D eigenvalue weighted by Crippen LogP contribution is -2.34. The SMILES string of the molecule is CCC(CNC(C)C)Oc1ccccc1Br. The topological polar surface area (TPSA) is 21.3 Å². The summed E-state index contributed by atoms with van der Waals surface area (Å²) in [5.74, 6) is 0.917. The van der Waals surface area contributed by atoms with Crippen molar-refractivity contribution in [3.05, 3.63) is 28.7 Å². The van der Waals surface area contributed by atoms with E-state index in [1.54, 1.807) is 0 Å². The highest BCUT2D eigenvalue weighted by molar-refractivity contribution is 9.10. The van der Waals surface area contributed by atoms with E-state index in [4.69, 9.17) is 4.74 Å². The van der Waals surface area contributed by atoms with Crippen molar-refractivity contribution in [1.29, 1.82) is 0 Å². The first-order chi connectivity index (χ1) is 7.63. The maximum atomic E-state index is 5.94. The van der Waals surface area contributed by atoms with Crippen LogP contribution in [0.3, 0.4) is 0 Å². The molecule has 16 heavy (non-hydrogen) atoms. The fraction of sp³-hybridized carbons (Fsp3) is 0.538. The third kappa shape index (κ3) is 4.54. The number of benzene rings is 1. The van der Waals surface area contributed by atoms with Crippen molar-refractivity contribution in [2.75, 3.05) is 6.54 Å². The van der Waals surface area contributed by atoms with Crippen molar-refractivity contribution in [3.8, 4) is 5.75 Å². The number of rotatable bonds is 6. The Balaban J connectivity index is 2.53. The van der Waals surface area contributed by atoms with Gasteiger partial charge in [0.25, 0.3) is 0 Å². The quantitative estimate of drug-likeness (QED) is 0.862. The standard InChI is InChI=1S/C13H20BrNO/c1-4-11(9-15-10(2)3)16-13-8-6-5-7-12(13)14/h5-8,10-11,15H,4,9H2,1-3H3. The largest absolute Gasteiger partial charge is 0.488 e. The summed E-state index contributed by atoms with van der Waals surface area (Å²) in [6, 6.07) is 8.46. The van der Waals surface area contributed by atoms with Crippen LogP contribution >= 0.6 is 15.9 Å². The highest BCUT2D eigenvalue weighted by atomic mass is 79.9. The number of nitrogens with one attached hydrogen (secondary N) is 1. The Morgan fingerprint density at radius 2 is 2.00 bits per heavy atom. The van der Waals surface area contributed by atoms with Crippen LogP contribution in [-0.4, -0.2) is 18.7 Å². The Hall–Kier alpha value is -0.540. The third-order valence-electron chi connectivity index (χ3n) is 2.34. The normalized spacial score (nSPS) is 12.8. The third-order valence-corrected chi connectivity index (χ3v) is 2.99. The highest BCUT2D eigenvalue weighted by Crippen LogP contribution is 2.25. The predicted molar refractivity (Wildman–Crippen MR) is 72.0 cm³/mol. The lowest BCUT2D eigenvalue weighted by molar-refractivity contribution is 0.189. The van der Waals surface area contributed by atoms with Crippen molar-refractivity contribution in [3.63, 3.8) is 0 Å². The summed E-state index contributed by atoms with van der Waals surface area (Å²) in [5, 5.41) is 3.40. The van der Waals surface area contributed by atoms with Crippen molar-refractivity contribution < 1.29 is 4.74 Å². The summed E-state index contributed by atoms with van der Waals surface area (Å²) in [6.45, 7) is 7.31. The van der Waals surface area contributed by atoms with Crippen LogP contribution in [0.15, 0.2) is 28.7 Å². The molecule has 1 N–H and O–H groups in total. The van der Waals surface area contributed by atoms with Crippen LogP contribution in [0.4, 0.5) is 0 Å². The van der Waals surface area contributed by atoms with Crippen molar-refractivity contribution in [1.82, 2.24) is 5.32 Å². The van der Waals surface area contributed by atoms with Crippen LogP contribution in [0.2, 0.25) is 0 Å². The van der Waals surface area contributed by atoms with Crippen LogP contribution in [0.25, 0.3) is 0 Å². The molecule has 1 atom stereocenters. The van der Waals surface area contributed by atoms with E-state index in [0.717, 1.165) is 23.2 Å². The van der Waals surface area contributed by atoms with E-state index in [1.165, 1.54) is 0 Å². The molecule has 0 aliphatic rings. The molecule has 1 aromatic carbocycles. The van der Waals surface area contributed by atoms with Crippen molar-refractivity contribution >= 4 is 15.9 Å². The van der Waals surface area contributed by atoms with Gasteiger partial charge in [0.05, 0.1) is 4.47 Å². The van der Waals surface area contributed by atoms with Crippen LogP contribution in [0, 0.1) is 0 Å². The Labute approximate surface area is 107 Å². The minimum absolute atomic E-state index is 0.223. The first-order valence-corrected chi connectivity index (χ1v) is 6.57. The van der Waals surface area contributed by atoms with Crippen molar-refractivity contribution in [2.24, 2.45) is 0 Å². The molecular weight excluding hydrogens is 266 g/mol. The molecule has 3 heteroatoms. The van der Waals surface area contributed by atoms with Gasteiger partial charge in [-0.3, -0.25) is 0 Å². The molecule has 0 aliphatic heterocycles. The number of halogens is 1. The molecule has 0 bridgehead atoms. The Morgan fingerprint density at radius 1 is 1.31 bits per heavy atom. The Kier molecular flexibility index (Phi) is 5.85. The van der Waals surface area contributed by atoms with Gasteiger partial charge in [0.1, 0.15) is 11.9 Å². The molecule has 1 aromatic rings. The maximum Gasteiger partial charge on any atom is 0.133 e. The second kappa shape index (κ2) is 6.92. The molecule has 0 radical (unpaired) electrons. The fourth-order valence-electron chi connectivity index (χ4n) is 1.36. The van der Waals surface area contributed by atoms with Crippen LogP contribution in [0.1, 0.15) is 27.2 Å². The molecule has 0 fully saturated rings. The number of hydrogen-bond donors (Lipinski definition) is 1. The van der Waals surface area contributed by atoms with Gasteiger partial charge in [-0.1, -0.05) is 32.9 Å². The lowest BCUT2D eigenvalue weighted by Gasteiger charge is -2.20. The van der Waals surface area contributed by atoms with Crippen LogP contribution in [0.5, 0.6) is 5.75 Å². The maximum absolute atomic E-state index is 5.94. The van der Waals surface area contributed by atoms with Crippen LogP contribution in [-0.2, 0) is 0 Å². The molecule has 2 nitrogen and oxygen atoms in total. The minimum Gasteiger partial charge on any atom is -0.488 e. The van der Waals surface area contributed by atoms with E-state index in [-0.39, 0.29) is 6.10 Å². The van der Waals surface area contributed by atoms with Gasteiger partial charge in [-0.2, -0.15) is 0 Å². The number of hydrogen-bond acceptors (Lipinski definition) is 2. The van der Waals surface area contributed by atoms with Gasteiger partial charge in [0.15, 0.2) is 0 Å². The zero-order valence-corrected chi connectivity index (χ0v) is 11.8. The van der Waals surface area contributed by atoms with E-state index in [0.29, 0.717) is 6.04 Å². The molecule has 0 saturated carbocycles. The van der Waals surface area contributed by atoms with Gasteiger partial charge in [-0.25, -0.2) is 0 Å². The average molecular weight is 286 g/mol. The highest BCUT2D eigenvalue weighted by Gasteiger charge is 2.10. The van der Waals surface area contributed by atoms with E-state index in [2.05, 4.69) is 42.0 Å². The molecule has 0 saturated heterocycles. The predicted octanol–water partition coefficient (Wildman–Crippen LogP) is 3.60. The summed E-state index contributed by atoms with van der Waals surface area (Å²) >= 11 is 3.49. The van der Waals surface area contributed by atoms with Gasteiger partial charge in [0, 0.05) is 12.6 Å². The molecule has 0 amide bonds. The van der Waals surface area contributed by atoms with Crippen molar-refractivity contribution in [2.45, 2.75) is 39.3 Å². The lowest BCUT2D eigenvalue weighted by atomic mass is 10.2. The molecule has 0 spiro atoms. The molecule has 1 unspecified atom stereocenters. The molecule has 0 heterocycles. The molecule has 0 aliphatic carbocycles. The fourth-order valence-corrected chi connectivity index (χ4v) is 1.73. The summed E-state index contributed by atoms with van der Waals surface area (Å²) in [7, 11) is 0. The summed E-state index contributed by atoms with van der Waals surface area (Å²) in [6.07, 6.45) is 1.22. The van der Waals surface area contributed by atoms with E-state index in [1.807, 2.05) is 24.3 Å². The minimum atomic E-state index is 0.223. The average Bonchev–Trinajstić information content (AvgIpc) is 2.26. The van der Waals surface area contributed by atoms with Gasteiger partial charge in [-0.05, 0) is 34.5 Å². The zero-order chi connectivity index (χ0) is 12.0. The smallest absolute Gasteiger partial charge is 0.133 e. The van der Waals surface area contributed by atoms with E-state index in [9.17, 15) is 0 Å². The molecule has 0 aromatic heterocycles. The second-order valence-corrected chi connectivity index (χ2v) is 5.00. The zero-order valence-electron chi connectivity index (χ0n) is 10.2. The Bertz CT molecular complexity index is 315. The van der Waals surface area contributed by atoms with Gasteiger partial charge in [-0.15, -0.1) is 0 Å². The molecule has 1 rings (SSSR count). The van der Waals surface area contributed by atoms with E-state index < -0.39 is 0 Å². The monoisotopic (exact) mass is 285 g/mol. The Morgan fingerprint density at radius 3 is 2.56 bits per heavy atom. The first-order valence-electron chi connectivity index (χ1n) is 5.78. The van der Waals surface area contributed by atoms with E-state index >= 15 is 0 Å². The summed E-state index contributed by atoms with van der Waals surface area (Å²) in [4.78, 5) is 0. The number of para-hydroxylation sites is 1. The first kappa shape index (κ1) is 13.5. The second-order valence-electron chi connectivity index (χ2n) is 4.14. The van der Waals surface area contributed by atoms with Gasteiger partial charge in [0.2, 0.25) is 0 Å². The molecule has 90 valence electrons. The molecular formula is C13H20BrNO. The summed E-state index contributed by atoms with van der Waals surface area (Å²) < 4.78 is 6.95. The van der Waals surface area contributed by atoms with Gasteiger partial charge >= 0.3 is 0 Å². The van der Waals surface area contributed by atoms with Gasteiger partial charge < -0.3 is 10.1 Å². The summed E-state index contributed by atoms with van der Waals surface area (Å²) in [5.41, 5.74) is 0. The van der Waals surface area contributed by atoms with Crippen LogP contribution < -0.4 is 10.1 Å². The number of ether oxygens (including phenoxy) is 1.